The molecule has 1 fully saturated rings. The van der Waals surface area contributed by atoms with Crippen LogP contribution in [0.4, 0.5) is 5.82 Å². The van der Waals surface area contributed by atoms with Crippen LogP contribution in [0.3, 0.4) is 0 Å². The molecule has 168 valence electrons. The Balaban J connectivity index is 1.62. The van der Waals surface area contributed by atoms with Gasteiger partial charge in [-0.2, -0.15) is 0 Å². The van der Waals surface area contributed by atoms with Crippen LogP contribution in [0, 0.1) is 0 Å². The lowest BCUT2D eigenvalue weighted by Gasteiger charge is -2.37. The van der Waals surface area contributed by atoms with Gasteiger partial charge < -0.3 is 14.5 Å². The van der Waals surface area contributed by atoms with Gasteiger partial charge in [0.15, 0.2) is 0 Å². The first-order valence-corrected chi connectivity index (χ1v) is 11.3. The van der Waals surface area contributed by atoms with E-state index in [0.717, 1.165) is 36.6 Å². The maximum atomic E-state index is 13.3. The Morgan fingerprint density at radius 1 is 0.938 bits per heavy atom. The van der Waals surface area contributed by atoms with Crippen molar-refractivity contribution < 1.29 is 14.3 Å². The fourth-order valence-electron chi connectivity index (χ4n) is 4.22. The minimum atomic E-state index is -0.212. The monoisotopic (exact) mass is 434 g/mol. The summed E-state index contributed by atoms with van der Waals surface area (Å²) in [5.74, 6) is 1.28. The van der Waals surface area contributed by atoms with Crippen LogP contribution in [-0.2, 0) is 9.59 Å². The topological polar surface area (TPSA) is 66.0 Å². The molecule has 0 saturated carbocycles. The number of hydrogen-bond acceptors (Lipinski definition) is 6. The summed E-state index contributed by atoms with van der Waals surface area (Å²) in [6.45, 7) is 9.14. The van der Waals surface area contributed by atoms with E-state index in [1.807, 2.05) is 63.2 Å². The SMILES string of the molecule is CCCN1C(=O)C(c2ccc(OC(C)C)cc2)=C(N2CCN(c3ccccn3)CC2)C1=O. The number of carbonyl (C=O) groups is 2. The van der Waals surface area contributed by atoms with Crippen molar-refractivity contribution in [2.45, 2.75) is 33.3 Å². The molecule has 1 aromatic heterocycles. The number of amides is 2. The molecule has 1 saturated heterocycles. The normalized spacial score (nSPS) is 17.1. The number of piperazine rings is 1. The van der Waals surface area contributed by atoms with Crippen molar-refractivity contribution in [3.63, 3.8) is 0 Å². The highest BCUT2D eigenvalue weighted by molar-refractivity contribution is 6.35. The van der Waals surface area contributed by atoms with Gasteiger partial charge in [-0.15, -0.1) is 0 Å². The Morgan fingerprint density at radius 2 is 1.62 bits per heavy atom. The van der Waals surface area contributed by atoms with Crippen molar-refractivity contribution >= 4 is 23.2 Å². The molecule has 0 radical (unpaired) electrons. The van der Waals surface area contributed by atoms with Crippen LogP contribution in [0.5, 0.6) is 5.75 Å². The molecule has 1 aromatic carbocycles. The molecule has 0 bridgehead atoms. The zero-order chi connectivity index (χ0) is 22.7. The van der Waals surface area contributed by atoms with Crippen molar-refractivity contribution in [2.24, 2.45) is 0 Å². The van der Waals surface area contributed by atoms with E-state index in [2.05, 4.69) is 14.8 Å². The molecule has 2 aliphatic rings. The summed E-state index contributed by atoms with van der Waals surface area (Å²) in [6, 6.07) is 13.3. The molecule has 7 heteroatoms. The van der Waals surface area contributed by atoms with E-state index in [9.17, 15) is 9.59 Å². The number of nitrogens with zero attached hydrogens (tertiary/aromatic N) is 4. The summed E-state index contributed by atoms with van der Waals surface area (Å²) >= 11 is 0. The third-order valence-corrected chi connectivity index (χ3v) is 5.67. The number of anilines is 1. The Morgan fingerprint density at radius 3 is 2.22 bits per heavy atom. The predicted molar refractivity (Wildman–Crippen MR) is 124 cm³/mol. The molecule has 2 aromatic rings. The number of carbonyl (C=O) groups excluding carboxylic acids is 2. The van der Waals surface area contributed by atoms with E-state index in [-0.39, 0.29) is 17.9 Å². The van der Waals surface area contributed by atoms with E-state index < -0.39 is 0 Å². The molecule has 32 heavy (non-hydrogen) atoms. The second-order valence-corrected chi connectivity index (χ2v) is 8.34. The lowest BCUT2D eigenvalue weighted by Crippen LogP contribution is -2.48. The van der Waals surface area contributed by atoms with Gasteiger partial charge in [0.25, 0.3) is 11.8 Å². The highest BCUT2D eigenvalue weighted by atomic mass is 16.5. The minimum Gasteiger partial charge on any atom is -0.491 e. The maximum Gasteiger partial charge on any atom is 0.277 e. The maximum absolute atomic E-state index is 13.3. The first-order chi connectivity index (χ1) is 15.5. The number of aromatic nitrogens is 1. The highest BCUT2D eigenvalue weighted by Gasteiger charge is 2.41. The Hall–Kier alpha value is -3.35. The summed E-state index contributed by atoms with van der Waals surface area (Å²) in [6.07, 6.45) is 2.59. The average molecular weight is 435 g/mol. The third kappa shape index (κ3) is 4.33. The van der Waals surface area contributed by atoms with Crippen LogP contribution < -0.4 is 9.64 Å². The molecule has 0 N–H and O–H groups in total. The van der Waals surface area contributed by atoms with Crippen LogP contribution in [-0.4, -0.2) is 65.4 Å². The van der Waals surface area contributed by atoms with E-state index in [1.165, 1.54) is 4.90 Å². The van der Waals surface area contributed by atoms with Crippen molar-refractivity contribution in [2.75, 3.05) is 37.6 Å². The van der Waals surface area contributed by atoms with E-state index in [1.54, 1.807) is 6.20 Å². The smallest absolute Gasteiger partial charge is 0.277 e. The van der Waals surface area contributed by atoms with Gasteiger partial charge in [-0.25, -0.2) is 4.98 Å². The number of rotatable bonds is 7. The van der Waals surface area contributed by atoms with E-state index in [4.69, 9.17) is 4.74 Å². The molecular weight excluding hydrogens is 404 g/mol. The molecule has 7 nitrogen and oxygen atoms in total. The Bertz CT molecular complexity index is 994. The summed E-state index contributed by atoms with van der Waals surface area (Å²) in [7, 11) is 0. The molecule has 0 unspecified atom stereocenters. The van der Waals surface area contributed by atoms with Gasteiger partial charge in [0.1, 0.15) is 17.3 Å². The van der Waals surface area contributed by atoms with Gasteiger partial charge in [-0.05, 0) is 50.1 Å². The Labute approximate surface area is 189 Å². The summed E-state index contributed by atoms with van der Waals surface area (Å²) in [5, 5.41) is 0. The minimum absolute atomic E-state index is 0.0702. The number of pyridine rings is 1. The average Bonchev–Trinajstić information content (AvgIpc) is 3.05. The zero-order valence-electron chi connectivity index (χ0n) is 19.0. The molecule has 2 amide bonds. The molecule has 0 spiro atoms. The summed E-state index contributed by atoms with van der Waals surface area (Å²) in [5.41, 5.74) is 1.76. The fraction of sp³-hybridized carbons (Fsp3) is 0.400. The largest absolute Gasteiger partial charge is 0.491 e. The van der Waals surface area contributed by atoms with Gasteiger partial charge in [-0.3, -0.25) is 14.5 Å². The van der Waals surface area contributed by atoms with Crippen molar-refractivity contribution in [3.8, 4) is 5.75 Å². The second-order valence-electron chi connectivity index (χ2n) is 8.34. The predicted octanol–water partition coefficient (Wildman–Crippen LogP) is 3.18. The second kappa shape index (κ2) is 9.42. The fourth-order valence-corrected chi connectivity index (χ4v) is 4.22. The van der Waals surface area contributed by atoms with Crippen molar-refractivity contribution in [1.82, 2.24) is 14.8 Å². The standard InChI is InChI=1S/C25H30N4O3/c1-4-13-29-24(30)22(19-8-10-20(11-9-19)32-18(2)3)23(25(29)31)28-16-14-27(15-17-28)21-7-5-6-12-26-21/h5-12,18H,4,13-17H2,1-3H3. The highest BCUT2D eigenvalue weighted by Crippen LogP contribution is 2.33. The van der Waals surface area contributed by atoms with E-state index in [0.29, 0.717) is 30.9 Å². The first kappa shape index (κ1) is 21.9. The summed E-state index contributed by atoms with van der Waals surface area (Å²) < 4.78 is 5.74. The van der Waals surface area contributed by atoms with Gasteiger partial charge in [0.2, 0.25) is 0 Å². The van der Waals surface area contributed by atoms with Crippen LogP contribution in [0.15, 0.2) is 54.4 Å². The van der Waals surface area contributed by atoms with Gasteiger partial charge in [-0.1, -0.05) is 25.1 Å². The van der Waals surface area contributed by atoms with Gasteiger partial charge >= 0.3 is 0 Å². The van der Waals surface area contributed by atoms with Crippen LogP contribution in [0.1, 0.15) is 32.8 Å². The molecule has 3 heterocycles. The van der Waals surface area contributed by atoms with Gasteiger partial charge in [0.05, 0.1) is 11.7 Å². The van der Waals surface area contributed by atoms with Crippen molar-refractivity contribution in [3.05, 3.63) is 59.9 Å². The van der Waals surface area contributed by atoms with E-state index >= 15 is 0 Å². The lowest BCUT2D eigenvalue weighted by molar-refractivity contribution is -0.137. The lowest BCUT2D eigenvalue weighted by atomic mass is 10.0. The van der Waals surface area contributed by atoms with Crippen LogP contribution >= 0.6 is 0 Å². The number of imide groups is 1. The third-order valence-electron chi connectivity index (χ3n) is 5.67. The molecular formula is C25H30N4O3. The molecule has 2 aliphatic heterocycles. The summed E-state index contributed by atoms with van der Waals surface area (Å²) in [4.78, 5) is 36.7. The zero-order valence-corrected chi connectivity index (χ0v) is 19.0. The quantitative estimate of drug-likeness (QED) is 0.624. The molecule has 0 atom stereocenters. The number of ether oxygens (including phenoxy) is 1. The number of benzene rings is 1. The van der Waals surface area contributed by atoms with Gasteiger partial charge in [0, 0.05) is 38.9 Å². The molecule has 0 aliphatic carbocycles. The molecule has 4 rings (SSSR count). The van der Waals surface area contributed by atoms with Crippen molar-refractivity contribution in [1.29, 1.82) is 0 Å². The van der Waals surface area contributed by atoms with Crippen LogP contribution in [0.25, 0.3) is 5.57 Å². The first-order valence-electron chi connectivity index (χ1n) is 11.3. The van der Waals surface area contributed by atoms with Crippen LogP contribution in [0.2, 0.25) is 0 Å². The Kier molecular flexibility index (Phi) is 6.44. The number of hydrogen-bond donors (Lipinski definition) is 0.